The van der Waals surface area contributed by atoms with Gasteiger partial charge in [-0.05, 0) is 18.2 Å². The molecule has 0 saturated carbocycles. The van der Waals surface area contributed by atoms with E-state index in [1.165, 1.54) is 0 Å². The molecular weight excluding hydrogens is 244 g/mol. The fourth-order valence-corrected chi connectivity index (χ4v) is 1.36. The summed E-state index contributed by atoms with van der Waals surface area (Å²) in [6.07, 6.45) is -2.66. The summed E-state index contributed by atoms with van der Waals surface area (Å²) in [5, 5.41) is 0. The molecule has 68 valence electrons. The number of hydrogen-bond acceptors (Lipinski definition) is 2. The highest BCUT2D eigenvalue weighted by molar-refractivity contribution is 9.10. The lowest BCUT2D eigenvalue weighted by Gasteiger charge is -1.86. The number of alkyl halides is 2. The Labute approximate surface area is 80.7 Å². The fraction of sp³-hybridized carbons (Fsp3) is 0.125. The minimum atomic E-state index is -2.66. The van der Waals surface area contributed by atoms with Gasteiger partial charge in [-0.25, -0.2) is 4.98 Å². The van der Waals surface area contributed by atoms with E-state index < -0.39 is 12.3 Å². The fourth-order valence-electron chi connectivity index (χ4n) is 1.01. The molecule has 0 radical (unpaired) electrons. The molecule has 0 amide bonds. The van der Waals surface area contributed by atoms with Crippen LogP contribution in [0.4, 0.5) is 8.78 Å². The largest absolute Gasteiger partial charge is 0.435 e. The van der Waals surface area contributed by atoms with Crippen molar-refractivity contribution in [3.05, 3.63) is 28.6 Å². The SMILES string of the molecule is FC(F)c1nc2cc(Br)ccc2o1. The summed E-state index contributed by atoms with van der Waals surface area (Å²) in [5.41, 5.74) is 0.808. The van der Waals surface area contributed by atoms with Gasteiger partial charge in [-0.1, -0.05) is 15.9 Å². The molecule has 0 aliphatic carbocycles. The van der Waals surface area contributed by atoms with Crippen LogP contribution in [0.1, 0.15) is 12.3 Å². The Balaban J connectivity index is 2.62. The summed E-state index contributed by atoms with van der Waals surface area (Å²) in [6.45, 7) is 0. The number of benzene rings is 1. The summed E-state index contributed by atoms with van der Waals surface area (Å²) < 4.78 is 29.9. The summed E-state index contributed by atoms with van der Waals surface area (Å²) in [6, 6.07) is 4.94. The third kappa shape index (κ3) is 1.56. The van der Waals surface area contributed by atoms with Crippen LogP contribution >= 0.6 is 15.9 Å². The lowest BCUT2D eigenvalue weighted by atomic mass is 10.3. The maximum absolute atomic E-state index is 12.1. The van der Waals surface area contributed by atoms with Gasteiger partial charge in [0.1, 0.15) is 5.52 Å². The van der Waals surface area contributed by atoms with Crippen molar-refractivity contribution in [3.63, 3.8) is 0 Å². The topological polar surface area (TPSA) is 26.0 Å². The molecule has 5 heteroatoms. The zero-order chi connectivity index (χ0) is 9.42. The molecule has 0 fully saturated rings. The summed E-state index contributed by atoms with van der Waals surface area (Å²) >= 11 is 3.21. The summed E-state index contributed by atoms with van der Waals surface area (Å²) in [5.74, 6) is -0.534. The molecular formula is C8H4BrF2NO. The second-order valence-electron chi connectivity index (χ2n) is 2.46. The van der Waals surface area contributed by atoms with E-state index >= 15 is 0 Å². The van der Waals surface area contributed by atoms with Crippen LogP contribution in [0.3, 0.4) is 0 Å². The van der Waals surface area contributed by atoms with Crippen LogP contribution in [0.15, 0.2) is 27.1 Å². The maximum atomic E-state index is 12.1. The number of hydrogen-bond donors (Lipinski definition) is 0. The first kappa shape index (κ1) is 8.62. The van der Waals surface area contributed by atoms with Crippen LogP contribution in [0.25, 0.3) is 11.1 Å². The van der Waals surface area contributed by atoms with Crippen molar-refractivity contribution in [2.45, 2.75) is 6.43 Å². The van der Waals surface area contributed by atoms with Crippen molar-refractivity contribution >= 4 is 27.0 Å². The van der Waals surface area contributed by atoms with Gasteiger partial charge in [0.2, 0.25) is 0 Å². The minimum Gasteiger partial charge on any atom is -0.435 e. The molecule has 1 aromatic carbocycles. The van der Waals surface area contributed by atoms with E-state index in [1.807, 2.05) is 0 Å². The first-order valence-electron chi connectivity index (χ1n) is 3.51. The lowest BCUT2D eigenvalue weighted by Crippen LogP contribution is -1.80. The van der Waals surface area contributed by atoms with Gasteiger partial charge in [0.05, 0.1) is 0 Å². The Morgan fingerprint density at radius 1 is 1.38 bits per heavy atom. The van der Waals surface area contributed by atoms with Crippen LogP contribution in [0.5, 0.6) is 0 Å². The number of aromatic nitrogens is 1. The average molecular weight is 248 g/mol. The molecule has 1 aromatic heterocycles. The van der Waals surface area contributed by atoms with Gasteiger partial charge in [0.15, 0.2) is 5.58 Å². The number of fused-ring (bicyclic) bond motifs is 1. The zero-order valence-corrected chi connectivity index (χ0v) is 7.88. The molecule has 13 heavy (non-hydrogen) atoms. The van der Waals surface area contributed by atoms with Crippen molar-refractivity contribution in [2.24, 2.45) is 0 Å². The quantitative estimate of drug-likeness (QED) is 0.771. The van der Waals surface area contributed by atoms with E-state index in [0.29, 0.717) is 11.1 Å². The molecule has 0 aliphatic heterocycles. The monoisotopic (exact) mass is 247 g/mol. The van der Waals surface area contributed by atoms with E-state index in [2.05, 4.69) is 20.9 Å². The highest BCUT2D eigenvalue weighted by atomic mass is 79.9. The van der Waals surface area contributed by atoms with E-state index in [9.17, 15) is 8.78 Å². The van der Waals surface area contributed by atoms with Gasteiger partial charge in [0, 0.05) is 4.47 Å². The number of rotatable bonds is 1. The predicted octanol–water partition coefficient (Wildman–Crippen LogP) is 3.53. The van der Waals surface area contributed by atoms with Crippen LogP contribution in [-0.2, 0) is 0 Å². The van der Waals surface area contributed by atoms with Crippen LogP contribution in [0.2, 0.25) is 0 Å². The second-order valence-corrected chi connectivity index (χ2v) is 3.38. The molecule has 1 heterocycles. The van der Waals surface area contributed by atoms with Gasteiger partial charge in [-0.15, -0.1) is 0 Å². The third-order valence-electron chi connectivity index (χ3n) is 1.55. The molecule has 0 N–H and O–H groups in total. The van der Waals surface area contributed by atoms with Gasteiger partial charge < -0.3 is 4.42 Å². The first-order valence-corrected chi connectivity index (χ1v) is 4.30. The maximum Gasteiger partial charge on any atom is 0.313 e. The van der Waals surface area contributed by atoms with Crippen LogP contribution in [0, 0.1) is 0 Å². The van der Waals surface area contributed by atoms with E-state index in [1.54, 1.807) is 18.2 Å². The van der Waals surface area contributed by atoms with E-state index in [4.69, 9.17) is 4.42 Å². The molecule has 0 aliphatic rings. The zero-order valence-electron chi connectivity index (χ0n) is 6.30. The Morgan fingerprint density at radius 3 is 2.85 bits per heavy atom. The van der Waals surface area contributed by atoms with Crippen molar-refractivity contribution in [3.8, 4) is 0 Å². The predicted molar refractivity (Wildman–Crippen MR) is 46.7 cm³/mol. The van der Waals surface area contributed by atoms with Crippen LogP contribution in [-0.4, -0.2) is 4.98 Å². The Morgan fingerprint density at radius 2 is 2.15 bits per heavy atom. The highest BCUT2D eigenvalue weighted by Crippen LogP contribution is 2.25. The van der Waals surface area contributed by atoms with Gasteiger partial charge in [0.25, 0.3) is 5.89 Å². The normalized spacial score (nSPS) is 11.4. The molecule has 0 saturated heterocycles. The lowest BCUT2D eigenvalue weighted by molar-refractivity contribution is 0.117. The van der Waals surface area contributed by atoms with Crippen LogP contribution < -0.4 is 0 Å². The Kier molecular flexibility index (Phi) is 2.03. The average Bonchev–Trinajstić information content (AvgIpc) is 2.46. The standard InChI is InChI=1S/C8H4BrF2NO/c9-4-1-2-6-5(3-4)12-8(13-6)7(10)11/h1-3,7H. The highest BCUT2D eigenvalue weighted by Gasteiger charge is 2.15. The molecule has 0 spiro atoms. The minimum absolute atomic E-state index is 0.374. The molecule has 2 aromatic rings. The van der Waals surface area contributed by atoms with Crippen molar-refractivity contribution in [2.75, 3.05) is 0 Å². The van der Waals surface area contributed by atoms with Crippen molar-refractivity contribution < 1.29 is 13.2 Å². The van der Waals surface area contributed by atoms with Gasteiger partial charge in [-0.2, -0.15) is 8.78 Å². The summed E-state index contributed by atoms with van der Waals surface area (Å²) in [7, 11) is 0. The third-order valence-corrected chi connectivity index (χ3v) is 2.05. The Hall–Kier alpha value is -0.970. The summed E-state index contributed by atoms with van der Waals surface area (Å²) in [4.78, 5) is 3.63. The van der Waals surface area contributed by atoms with Crippen molar-refractivity contribution in [1.82, 2.24) is 4.98 Å². The Bertz CT molecular complexity index is 441. The smallest absolute Gasteiger partial charge is 0.313 e. The molecule has 0 atom stereocenters. The number of oxazole rings is 1. The van der Waals surface area contributed by atoms with Crippen molar-refractivity contribution in [1.29, 1.82) is 0 Å². The van der Waals surface area contributed by atoms with E-state index in [0.717, 1.165) is 4.47 Å². The van der Waals surface area contributed by atoms with Gasteiger partial charge in [-0.3, -0.25) is 0 Å². The molecule has 0 unspecified atom stereocenters. The molecule has 0 bridgehead atoms. The number of nitrogens with zero attached hydrogens (tertiary/aromatic N) is 1. The molecule has 2 rings (SSSR count). The first-order chi connectivity index (χ1) is 6.16. The molecule has 2 nitrogen and oxygen atoms in total. The van der Waals surface area contributed by atoms with Gasteiger partial charge >= 0.3 is 6.43 Å². The second kappa shape index (κ2) is 3.06. The van der Waals surface area contributed by atoms with E-state index in [-0.39, 0.29) is 0 Å². The number of halogens is 3.